The van der Waals surface area contributed by atoms with E-state index >= 15 is 0 Å². The van der Waals surface area contributed by atoms with Gasteiger partial charge in [0.1, 0.15) is 5.82 Å². The second-order valence-corrected chi connectivity index (χ2v) is 6.03. The van der Waals surface area contributed by atoms with Gasteiger partial charge in [-0.3, -0.25) is 4.72 Å². The van der Waals surface area contributed by atoms with Crippen molar-refractivity contribution < 1.29 is 13.2 Å². The number of pyridine rings is 1. The molecule has 1 aromatic carbocycles. The lowest BCUT2D eigenvalue weighted by molar-refractivity contribution is 0.184. The van der Waals surface area contributed by atoms with Crippen molar-refractivity contribution in [2.45, 2.75) is 18.4 Å². The third-order valence-electron chi connectivity index (χ3n) is 2.65. The maximum Gasteiger partial charge on any atom is 0.263 e. The number of nitrogens with zero attached hydrogens (tertiary/aromatic N) is 1. The van der Waals surface area contributed by atoms with Gasteiger partial charge in [-0.05, 0) is 36.8 Å². The average molecular weight is 292 g/mol. The summed E-state index contributed by atoms with van der Waals surface area (Å²) >= 11 is 0. The molecule has 1 N–H and O–H groups in total. The Bertz CT molecular complexity index is 699. The Balaban J connectivity index is 2.28. The van der Waals surface area contributed by atoms with Crippen molar-refractivity contribution in [1.29, 1.82) is 0 Å². The van der Waals surface area contributed by atoms with Crippen molar-refractivity contribution in [3.8, 4) is 0 Å². The number of anilines is 1. The molecule has 0 spiro atoms. The number of rotatable bonds is 5. The molecule has 0 unspecified atom stereocenters. The summed E-state index contributed by atoms with van der Waals surface area (Å²) in [5, 5.41) is 0. The molecule has 0 atom stereocenters. The van der Waals surface area contributed by atoms with E-state index in [0.29, 0.717) is 12.4 Å². The molecule has 0 fully saturated rings. The lowest BCUT2D eigenvalue weighted by atomic mass is 10.2. The van der Waals surface area contributed by atoms with Crippen molar-refractivity contribution in [3.63, 3.8) is 0 Å². The van der Waals surface area contributed by atoms with E-state index in [4.69, 9.17) is 4.74 Å². The molecule has 0 aliphatic heterocycles. The fourth-order valence-electron chi connectivity index (χ4n) is 1.77. The molecule has 0 aliphatic carbocycles. The molecule has 1 heterocycles. The Hall–Kier alpha value is -1.92. The highest BCUT2D eigenvalue weighted by molar-refractivity contribution is 7.92. The first-order valence-electron chi connectivity index (χ1n) is 6.05. The molecule has 0 bridgehead atoms. The lowest BCUT2D eigenvalue weighted by Crippen LogP contribution is -2.14. The highest BCUT2D eigenvalue weighted by Gasteiger charge is 2.15. The van der Waals surface area contributed by atoms with Crippen LogP contribution in [0.15, 0.2) is 47.4 Å². The molecule has 0 radical (unpaired) electrons. The zero-order chi connectivity index (χ0) is 14.6. The number of aromatic nitrogens is 1. The van der Waals surface area contributed by atoms with Gasteiger partial charge in [-0.25, -0.2) is 13.4 Å². The summed E-state index contributed by atoms with van der Waals surface area (Å²) in [6.07, 6.45) is 0. The van der Waals surface area contributed by atoms with Crippen molar-refractivity contribution in [3.05, 3.63) is 53.7 Å². The van der Waals surface area contributed by atoms with Crippen molar-refractivity contribution in [2.24, 2.45) is 0 Å². The number of sulfonamides is 1. The molecule has 0 saturated carbocycles. The van der Waals surface area contributed by atoms with E-state index in [0.717, 1.165) is 11.3 Å². The highest BCUT2D eigenvalue weighted by Crippen LogP contribution is 2.16. The van der Waals surface area contributed by atoms with Crippen LogP contribution in [0, 0.1) is 6.92 Å². The van der Waals surface area contributed by atoms with Crippen LogP contribution in [0.25, 0.3) is 0 Å². The molecule has 20 heavy (non-hydrogen) atoms. The summed E-state index contributed by atoms with van der Waals surface area (Å²) in [4.78, 5) is 4.32. The van der Waals surface area contributed by atoms with Crippen LogP contribution in [0.4, 0.5) is 5.82 Å². The molecule has 2 rings (SSSR count). The monoisotopic (exact) mass is 292 g/mol. The van der Waals surface area contributed by atoms with Gasteiger partial charge in [0.2, 0.25) is 0 Å². The Morgan fingerprint density at radius 1 is 1.20 bits per heavy atom. The average Bonchev–Trinajstić information content (AvgIpc) is 2.39. The second kappa shape index (κ2) is 6.02. The molecule has 1 aromatic heterocycles. The maximum absolute atomic E-state index is 12.3. The normalized spacial score (nSPS) is 11.3. The highest BCUT2D eigenvalue weighted by atomic mass is 32.2. The molecule has 0 aliphatic rings. The quantitative estimate of drug-likeness (QED) is 0.918. The van der Waals surface area contributed by atoms with Crippen LogP contribution in [0.5, 0.6) is 0 Å². The first kappa shape index (κ1) is 14.5. The fraction of sp³-hybridized carbons (Fsp3) is 0.214. The minimum absolute atomic E-state index is 0.190. The Kier molecular flexibility index (Phi) is 4.36. The first-order chi connectivity index (χ1) is 9.51. The topological polar surface area (TPSA) is 68.3 Å². The molecule has 6 heteroatoms. The molecule has 0 amide bonds. The number of benzene rings is 1. The Morgan fingerprint density at radius 2 is 1.95 bits per heavy atom. The summed E-state index contributed by atoms with van der Waals surface area (Å²) in [7, 11) is -2.07. The molecule has 5 nitrogen and oxygen atoms in total. The van der Waals surface area contributed by atoms with E-state index in [9.17, 15) is 8.42 Å². The predicted octanol–water partition coefficient (Wildman–Crippen LogP) is 2.34. The molecule has 106 valence electrons. The van der Waals surface area contributed by atoms with Crippen LogP contribution in [0.1, 0.15) is 11.3 Å². The van der Waals surface area contributed by atoms with Crippen LogP contribution in [-0.4, -0.2) is 20.5 Å². The minimum Gasteiger partial charge on any atom is -0.380 e. The van der Waals surface area contributed by atoms with Crippen LogP contribution >= 0.6 is 0 Å². The zero-order valence-electron chi connectivity index (χ0n) is 11.3. The van der Waals surface area contributed by atoms with Gasteiger partial charge in [0, 0.05) is 12.8 Å². The van der Waals surface area contributed by atoms with Gasteiger partial charge in [-0.1, -0.05) is 18.2 Å². The number of aryl methyl sites for hydroxylation is 1. The van der Waals surface area contributed by atoms with E-state index < -0.39 is 10.0 Å². The molecular formula is C14H16N2O3S. The summed E-state index contributed by atoms with van der Waals surface area (Å²) in [6.45, 7) is 2.17. The number of hydrogen-bond acceptors (Lipinski definition) is 4. The number of ether oxygens (including phenoxy) is 1. The fourth-order valence-corrected chi connectivity index (χ4v) is 2.84. The smallest absolute Gasteiger partial charge is 0.263 e. The maximum atomic E-state index is 12.3. The van der Waals surface area contributed by atoms with Gasteiger partial charge in [0.25, 0.3) is 10.0 Å². The van der Waals surface area contributed by atoms with Gasteiger partial charge in [-0.2, -0.15) is 0 Å². The van der Waals surface area contributed by atoms with Gasteiger partial charge in [0.15, 0.2) is 0 Å². The summed E-state index contributed by atoms with van der Waals surface area (Å²) in [5.41, 5.74) is 1.55. The van der Waals surface area contributed by atoms with Gasteiger partial charge >= 0.3 is 0 Å². The largest absolute Gasteiger partial charge is 0.380 e. The van der Waals surface area contributed by atoms with Crippen molar-refractivity contribution in [2.75, 3.05) is 11.8 Å². The first-order valence-corrected chi connectivity index (χ1v) is 7.54. The van der Waals surface area contributed by atoms with Crippen LogP contribution in [0.3, 0.4) is 0 Å². The van der Waals surface area contributed by atoms with Crippen LogP contribution in [0.2, 0.25) is 0 Å². The van der Waals surface area contributed by atoms with Crippen molar-refractivity contribution >= 4 is 15.8 Å². The van der Waals surface area contributed by atoms with E-state index in [2.05, 4.69) is 9.71 Å². The van der Waals surface area contributed by atoms with E-state index in [1.807, 2.05) is 6.07 Å². The number of methoxy groups -OCH3 is 1. The summed E-state index contributed by atoms with van der Waals surface area (Å²) < 4.78 is 32.0. The molecule has 2 aromatic rings. The second-order valence-electron chi connectivity index (χ2n) is 4.35. The standard InChI is InChI=1S/C14H16N2O3S/c1-11-5-3-8-14(15-11)16-20(17,18)13-7-4-6-12(9-13)10-19-2/h3-9H,10H2,1-2H3,(H,15,16). The zero-order valence-corrected chi connectivity index (χ0v) is 12.1. The Labute approximate surface area is 118 Å². The van der Waals surface area contributed by atoms with Gasteiger partial charge < -0.3 is 4.74 Å². The summed E-state index contributed by atoms with van der Waals surface area (Å²) in [6, 6.07) is 11.8. The SMILES string of the molecule is COCc1cccc(S(=O)(=O)Nc2cccc(C)n2)c1. The number of nitrogens with one attached hydrogen (secondary N) is 1. The van der Waals surface area contributed by atoms with Crippen LogP contribution in [-0.2, 0) is 21.4 Å². The Morgan fingerprint density at radius 3 is 2.65 bits per heavy atom. The summed E-state index contributed by atoms with van der Waals surface area (Å²) in [5.74, 6) is 0.308. The molecule has 0 saturated heterocycles. The van der Waals surface area contributed by atoms with E-state index in [-0.39, 0.29) is 4.90 Å². The van der Waals surface area contributed by atoms with Gasteiger partial charge in [-0.15, -0.1) is 0 Å². The van der Waals surface area contributed by atoms with E-state index in [1.165, 1.54) is 6.07 Å². The predicted molar refractivity (Wildman–Crippen MR) is 76.9 cm³/mol. The molecular weight excluding hydrogens is 276 g/mol. The van der Waals surface area contributed by atoms with E-state index in [1.54, 1.807) is 44.4 Å². The van der Waals surface area contributed by atoms with Crippen LogP contribution < -0.4 is 4.72 Å². The third kappa shape index (κ3) is 3.55. The van der Waals surface area contributed by atoms with Crippen molar-refractivity contribution in [1.82, 2.24) is 4.98 Å². The lowest BCUT2D eigenvalue weighted by Gasteiger charge is -2.09. The third-order valence-corrected chi connectivity index (χ3v) is 4.00. The number of hydrogen-bond donors (Lipinski definition) is 1. The minimum atomic E-state index is -3.64. The van der Waals surface area contributed by atoms with Gasteiger partial charge in [0.05, 0.1) is 11.5 Å².